The van der Waals surface area contributed by atoms with E-state index >= 15 is 0 Å². The van der Waals surface area contributed by atoms with E-state index in [1.807, 2.05) is 30.3 Å². The van der Waals surface area contributed by atoms with Crippen LogP contribution < -0.4 is 5.32 Å². The first-order chi connectivity index (χ1) is 7.86. The molecule has 2 rings (SSSR count). The maximum Gasteiger partial charge on any atom is 0.106 e. The Labute approximate surface area is 94.9 Å². The van der Waals surface area contributed by atoms with Gasteiger partial charge in [0.1, 0.15) is 5.82 Å². The van der Waals surface area contributed by atoms with E-state index in [0.717, 1.165) is 31.8 Å². The molecule has 2 heterocycles. The quantitative estimate of drug-likeness (QED) is 0.709. The molecule has 5 heteroatoms. The number of hydrogen-bond acceptors (Lipinski definition) is 3. The number of hydrogen-bond donors (Lipinski definition) is 2. The van der Waals surface area contributed by atoms with E-state index in [0.29, 0.717) is 0 Å². The zero-order valence-electron chi connectivity index (χ0n) is 9.48. The van der Waals surface area contributed by atoms with Crippen molar-refractivity contribution < 1.29 is 0 Å². The molecule has 0 radical (unpaired) electrons. The van der Waals surface area contributed by atoms with Gasteiger partial charge in [0.15, 0.2) is 0 Å². The largest absolute Gasteiger partial charge is 0.349 e. The average molecular weight is 219 g/mol. The second-order valence-corrected chi connectivity index (χ2v) is 3.81. The summed E-state index contributed by atoms with van der Waals surface area (Å²) >= 11 is 0. The predicted molar refractivity (Wildman–Crippen MR) is 61.8 cm³/mol. The number of H-pyrrole nitrogens is 1. The molecule has 0 aromatic carbocycles. The topological polar surface area (TPSA) is 58.5 Å². The van der Waals surface area contributed by atoms with Crippen molar-refractivity contribution in [2.45, 2.75) is 19.4 Å². The summed E-state index contributed by atoms with van der Waals surface area (Å²) in [6, 6.07) is 0. The summed E-state index contributed by atoms with van der Waals surface area (Å²) in [6.07, 6.45) is 9.44. The molecule has 0 spiro atoms. The lowest BCUT2D eigenvalue weighted by molar-refractivity contribution is 0.619. The van der Waals surface area contributed by atoms with Crippen molar-refractivity contribution in [3.05, 3.63) is 36.4 Å². The lowest BCUT2D eigenvalue weighted by Crippen LogP contribution is -2.17. The standard InChI is InChI=1S/C11H17N5/c1-16-9-13-8-10(16)7-12-4-2-3-11-14-5-6-15-11/h5-6,8-9,12H,2-4,7H2,1H3,(H,14,15). The fraction of sp³-hybridized carbons (Fsp3) is 0.455. The smallest absolute Gasteiger partial charge is 0.106 e. The monoisotopic (exact) mass is 219 g/mol. The fourth-order valence-electron chi connectivity index (χ4n) is 1.59. The van der Waals surface area contributed by atoms with Crippen molar-refractivity contribution in [1.82, 2.24) is 24.8 Å². The number of imidazole rings is 2. The van der Waals surface area contributed by atoms with E-state index in [1.165, 1.54) is 5.69 Å². The minimum Gasteiger partial charge on any atom is -0.349 e. The van der Waals surface area contributed by atoms with Gasteiger partial charge in [-0.25, -0.2) is 9.97 Å². The van der Waals surface area contributed by atoms with Crippen molar-refractivity contribution in [2.24, 2.45) is 7.05 Å². The van der Waals surface area contributed by atoms with Crippen molar-refractivity contribution in [3.63, 3.8) is 0 Å². The number of rotatable bonds is 6. The molecule has 2 aromatic heterocycles. The highest BCUT2D eigenvalue weighted by atomic mass is 15.0. The van der Waals surface area contributed by atoms with Gasteiger partial charge in [0, 0.05) is 38.6 Å². The zero-order chi connectivity index (χ0) is 11.2. The second-order valence-electron chi connectivity index (χ2n) is 3.81. The molecule has 0 unspecified atom stereocenters. The van der Waals surface area contributed by atoms with Gasteiger partial charge in [0.25, 0.3) is 0 Å². The molecule has 0 aliphatic rings. The highest BCUT2D eigenvalue weighted by Gasteiger charge is 1.98. The molecule has 2 N–H and O–H groups in total. The van der Waals surface area contributed by atoms with E-state index in [4.69, 9.17) is 0 Å². The first-order valence-electron chi connectivity index (χ1n) is 5.50. The molecule has 0 saturated carbocycles. The van der Waals surface area contributed by atoms with Crippen LogP contribution >= 0.6 is 0 Å². The van der Waals surface area contributed by atoms with Crippen LogP contribution in [0.5, 0.6) is 0 Å². The Bertz CT molecular complexity index is 404. The van der Waals surface area contributed by atoms with E-state index in [-0.39, 0.29) is 0 Å². The summed E-state index contributed by atoms with van der Waals surface area (Å²) in [5.41, 5.74) is 1.21. The third-order valence-electron chi connectivity index (χ3n) is 2.54. The molecule has 0 amide bonds. The molecule has 0 aliphatic heterocycles. The summed E-state index contributed by atoms with van der Waals surface area (Å²) in [6.45, 7) is 1.86. The van der Waals surface area contributed by atoms with Crippen molar-refractivity contribution in [1.29, 1.82) is 0 Å². The van der Waals surface area contributed by atoms with Gasteiger partial charge >= 0.3 is 0 Å². The molecule has 0 atom stereocenters. The maximum atomic E-state index is 4.18. The van der Waals surface area contributed by atoms with E-state index in [1.54, 1.807) is 6.20 Å². The van der Waals surface area contributed by atoms with Gasteiger partial charge in [0.2, 0.25) is 0 Å². The van der Waals surface area contributed by atoms with Gasteiger partial charge in [0.05, 0.1) is 12.0 Å². The Morgan fingerprint density at radius 1 is 1.50 bits per heavy atom. The normalized spacial score (nSPS) is 10.8. The lowest BCUT2D eigenvalue weighted by Gasteiger charge is -2.04. The average Bonchev–Trinajstić information content (AvgIpc) is 2.90. The van der Waals surface area contributed by atoms with Gasteiger partial charge in [-0.1, -0.05) is 0 Å². The van der Waals surface area contributed by atoms with Crippen molar-refractivity contribution in [2.75, 3.05) is 6.54 Å². The second kappa shape index (κ2) is 5.46. The number of aromatic amines is 1. The Morgan fingerprint density at radius 2 is 2.44 bits per heavy atom. The van der Waals surface area contributed by atoms with Crippen LogP contribution in [-0.4, -0.2) is 26.1 Å². The van der Waals surface area contributed by atoms with Gasteiger partial charge < -0.3 is 14.9 Å². The maximum absolute atomic E-state index is 4.18. The SMILES string of the molecule is Cn1cncc1CNCCCc1ncc[nH]1. The van der Waals surface area contributed by atoms with Crippen LogP contribution in [0, 0.1) is 0 Å². The molecule has 16 heavy (non-hydrogen) atoms. The summed E-state index contributed by atoms with van der Waals surface area (Å²) < 4.78 is 2.03. The molecule has 0 fully saturated rings. The van der Waals surface area contributed by atoms with Crippen LogP contribution in [0.2, 0.25) is 0 Å². The third kappa shape index (κ3) is 2.93. The minimum absolute atomic E-state index is 0.870. The summed E-state index contributed by atoms with van der Waals surface area (Å²) in [5, 5.41) is 3.39. The first kappa shape index (κ1) is 10.9. The summed E-state index contributed by atoms with van der Waals surface area (Å²) in [5.74, 6) is 1.06. The number of nitrogens with one attached hydrogen (secondary N) is 2. The lowest BCUT2D eigenvalue weighted by atomic mass is 10.3. The van der Waals surface area contributed by atoms with Crippen LogP contribution in [0.4, 0.5) is 0 Å². The Balaban J connectivity index is 1.61. The van der Waals surface area contributed by atoms with Crippen LogP contribution in [0.1, 0.15) is 17.9 Å². The van der Waals surface area contributed by atoms with Gasteiger partial charge in [-0.3, -0.25) is 0 Å². The van der Waals surface area contributed by atoms with Crippen LogP contribution in [0.3, 0.4) is 0 Å². The molecule has 0 aliphatic carbocycles. The first-order valence-corrected chi connectivity index (χ1v) is 5.50. The highest BCUT2D eigenvalue weighted by Crippen LogP contribution is 1.96. The zero-order valence-corrected chi connectivity index (χ0v) is 9.48. The van der Waals surface area contributed by atoms with Crippen LogP contribution in [-0.2, 0) is 20.0 Å². The Kier molecular flexibility index (Phi) is 3.71. The van der Waals surface area contributed by atoms with Crippen molar-refractivity contribution >= 4 is 0 Å². The number of aromatic nitrogens is 4. The summed E-state index contributed by atoms with van der Waals surface area (Å²) in [7, 11) is 2.01. The molecule has 2 aromatic rings. The predicted octanol–water partition coefficient (Wildman–Crippen LogP) is 0.866. The van der Waals surface area contributed by atoms with E-state index < -0.39 is 0 Å². The number of nitrogens with zero attached hydrogens (tertiary/aromatic N) is 3. The molecular formula is C11H17N5. The summed E-state index contributed by atoms with van der Waals surface area (Å²) in [4.78, 5) is 11.3. The van der Waals surface area contributed by atoms with Crippen LogP contribution in [0.15, 0.2) is 24.9 Å². The van der Waals surface area contributed by atoms with Gasteiger partial charge in [-0.05, 0) is 13.0 Å². The van der Waals surface area contributed by atoms with E-state index in [2.05, 4.69) is 20.3 Å². The number of aryl methyl sites for hydroxylation is 2. The van der Waals surface area contributed by atoms with E-state index in [9.17, 15) is 0 Å². The molecule has 0 saturated heterocycles. The minimum atomic E-state index is 0.870. The fourth-order valence-corrected chi connectivity index (χ4v) is 1.59. The van der Waals surface area contributed by atoms with Gasteiger partial charge in [-0.15, -0.1) is 0 Å². The molecule has 86 valence electrons. The van der Waals surface area contributed by atoms with Gasteiger partial charge in [-0.2, -0.15) is 0 Å². The Hall–Kier alpha value is -1.62. The van der Waals surface area contributed by atoms with Crippen LogP contribution in [0.25, 0.3) is 0 Å². The molecular weight excluding hydrogens is 202 g/mol. The molecule has 0 bridgehead atoms. The molecule has 5 nitrogen and oxygen atoms in total. The Morgan fingerprint density at radius 3 is 3.12 bits per heavy atom. The van der Waals surface area contributed by atoms with Crippen molar-refractivity contribution in [3.8, 4) is 0 Å². The third-order valence-corrected chi connectivity index (χ3v) is 2.54. The highest BCUT2D eigenvalue weighted by molar-refractivity contribution is 4.96.